The zero-order valence-electron chi connectivity index (χ0n) is 13.7. The molecule has 23 heavy (non-hydrogen) atoms. The Morgan fingerprint density at radius 1 is 1.26 bits per heavy atom. The van der Waals surface area contributed by atoms with E-state index in [2.05, 4.69) is 0 Å². The molecular weight excluding hydrogens is 297 g/mol. The molecule has 0 spiro atoms. The van der Waals surface area contributed by atoms with Crippen molar-refractivity contribution >= 4 is 11.9 Å². The normalized spacial score (nSPS) is 21.9. The topological polar surface area (TPSA) is 87.9 Å². The molecule has 0 radical (unpaired) electrons. The predicted molar refractivity (Wildman–Crippen MR) is 83.9 cm³/mol. The number of aryl methyl sites for hydroxylation is 1. The molecule has 1 fully saturated rings. The lowest BCUT2D eigenvalue weighted by Crippen LogP contribution is -2.52. The lowest BCUT2D eigenvalue weighted by atomic mass is 9.86. The average molecular weight is 320 g/mol. The Labute approximate surface area is 135 Å². The Kier molecular flexibility index (Phi) is 5.26. The summed E-state index contributed by atoms with van der Waals surface area (Å²) in [5, 5.41) is 0. The lowest BCUT2D eigenvalue weighted by Gasteiger charge is -2.27. The molecule has 1 aliphatic rings. The van der Waals surface area contributed by atoms with Gasteiger partial charge in [0.05, 0.1) is 27.2 Å². The molecule has 1 aromatic rings. The maximum absolute atomic E-state index is 12.2. The Hall–Kier alpha value is -2.08. The van der Waals surface area contributed by atoms with Gasteiger partial charge in [-0.25, -0.2) is 0 Å². The Balaban J connectivity index is 2.10. The van der Waals surface area contributed by atoms with Crippen LogP contribution in [-0.2, 0) is 25.5 Å². The minimum atomic E-state index is -1.18. The Morgan fingerprint density at radius 2 is 2.00 bits per heavy atom. The van der Waals surface area contributed by atoms with Gasteiger partial charge in [-0.05, 0) is 37.0 Å². The first kappa shape index (κ1) is 17.3. The van der Waals surface area contributed by atoms with Crippen LogP contribution in [0.25, 0.3) is 0 Å². The number of ether oxygens (including phenoxy) is 3. The highest BCUT2D eigenvalue weighted by atomic mass is 16.5. The van der Waals surface area contributed by atoms with Crippen molar-refractivity contribution in [1.29, 1.82) is 0 Å². The van der Waals surface area contributed by atoms with E-state index in [1.54, 1.807) is 7.11 Å². The second-order valence-corrected chi connectivity index (χ2v) is 5.86. The third-order valence-electron chi connectivity index (χ3n) is 4.48. The van der Waals surface area contributed by atoms with Crippen LogP contribution in [0.15, 0.2) is 24.3 Å². The molecule has 0 aromatic heterocycles. The van der Waals surface area contributed by atoms with Crippen LogP contribution in [0.3, 0.4) is 0 Å². The van der Waals surface area contributed by atoms with Crippen LogP contribution in [0.4, 0.5) is 0 Å². The standard InChI is InChI=1S/C17H23NO5/c1-21-12-6-4-5-11(9-12)7-8-17(18,16(20)23-3)14-10-13(14)15(19)22-2/h4-6,9,13-14H,7-8,10,18H2,1-3H3/t13-,14-,17-/m0/s1/i1-1. The van der Waals surface area contributed by atoms with E-state index in [-0.39, 0.29) is 17.8 Å². The fourth-order valence-corrected chi connectivity index (χ4v) is 2.98. The Morgan fingerprint density at radius 3 is 2.61 bits per heavy atom. The van der Waals surface area contributed by atoms with E-state index < -0.39 is 11.5 Å². The summed E-state index contributed by atoms with van der Waals surface area (Å²) in [6, 6.07) is 7.60. The van der Waals surface area contributed by atoms with Gasteiger partial charge in [0.15, 0.2) is 0 Å². The molecule has 0 amide bonds. The van der Waals surface area contributed by atoms with Crippen LogP contribution in [0.1, 0.15) is 18.4 Å². The molecule has 2 N–H and O–H groups in total. The maximum atomic E-state index is 12.2. The molecule has 0 aliphatic heterocycles. The quantitative estimate of drug-likeness (QED) is 0.762. The summed E-state index contributed by atoms with van der Waals surface area (Å²) < 4.78 is 14.8. The highest BCUT2D eigenvalue weighted by Gasteiger charge is 2.58. The smallest absolute Gasteiger partial charge is 0.326 e. The molecule has 6 nitrogen and oxygen atoms in total. The molecular formula is C17H23NO5. The van der Waals surface area contributed by atoms with Gasteiger partial charge < -0.3 is 19.9 Å². The first-order valence-corrected chi connectivity index (χ1v) is 7.54. The zero-order chi connectivity index (χ0) is 17.0. The van der Waals surface area contributed by atoms with Crippen molar-refractivity contribution < 1.29 is 23.8 Å². The zero-order valence-corrected chi connectivity index (χ0v) is 13.7. The molecule has 2 rings (SSSR count). The third kappa shape index (κ3) is 3.64. The van der Waals surface area contributed by atoms with E-state index in [0.717, 1.165) is 11.3 Å². The summed E-state index contributed by atoms with van der Waals surface area (Å²) in [5.41, 5.74) is 6.17. The molecule has 126 valence electrons. The van der Waals surface area contributed by atoms with Crippen molar-refractivity contribution in [3.05, 3.63) is 29.8 Å². The van der Waals surface area contributed by atoms with Crippen molar-refractivity contribution in [3.63, 3.8) is 0 Å². The molecule has 1 saturated carbocycles. The van der Waals surface area contributed by atoms with Gasteiger partial charge in [-0.2, -0.15) is 0 Å². The van der Waals surface area contributed by atoms with E-state index in [4.69, 9.17) is 19.9 Å². The molecule has 6 heteroatoms. The molecule has 0 unspecified atom stereocenters. The van der Waals surface area contributed by atoms with E-state index in [0.29, 0.717) is 19.3 Å². The van der Waals surface area contributed by atoms with Gasteiger partial charge in [-0.1, -0.05) is 12.1 Å². The summed E-state index contributed by atoms with van der Waals surface area (Å²) in [4.78, 5) is 23.8. The highest BCUT2D eigenvalue weighted by molar-refractivity contribution is 5.85. The minimum absolute atomic E-state index is 0.243. The summed E-state index contributed by atoms with van der Waals surface area (Å²) in [7, 11) is 4.25. The van der Waals surface area contributed by atoms with E-state index in [1.165, 1.54) is 14.2 Å². The number of esters is 2. The fraction of sp³-hybridized carbons (Fsp3) is 0.529. The van der Waals surface area contributed by atoms with Gasteiger partial charge >= 0.3 is 11.9 Å². The van der Waals surface area contributed by atoms with Crippen LogP contribution >= 0.6 is 0 Å². The maximum Gasteiger partial charge on any atom is 0.326 e. The van der Waals surface area contributed by atoms with Crippen molar-refractivity contribution in [2.24, 2.45) is 17.6 Å². The van der Waals surface area contributed by atoms with Gasteiger partial charge in [0.1, 0.15) is 11.3 Å². The van der Waals surface area contributed by atoms with E-state index in [1.807, 2.05) is 24.3 Å². The first-order valence-electron chi connectivity index (χ1n) is 7.54. The minimum Gasteiger partial charge on any atom is -0.497 e. The molecule has 1 aromatic carbocycles. The monoisotopic (exact) mass is 320 g/mol. The summed E-state index contributed by atoms with van der Waals surface area (Å²) in [5.74, 6) is -0.628. The number of benzene rings is 1. The van der Waals surface area contributed by atoms with Gasteiger partial charge in [0, 0.05) is 5.92 Å². The second-order valence-electron chi connectivity index (χ2n) is 5.86. The van der Waals surface area contributed by atoms with Crippen molar-refractivity contribution in [2.75, 3.05) is 21.3 Å². The molecule has 0 bridgehead atoms. The number of carbonyl (C=O) groups is 2. The van der Waals surface area contributed by atoms with E-state index >= 15 is 0 Å². The van der Waals surface area contributed by atoms with Crippen LogP contribution in [0.5, 0.6) is 5.75 Å². The van der Waals surface area contributed by atoms with Crippen LogP contribution < -0.4 is 10.5 Å². The van der Waals surface area contributed by atoms with Crippen molar-refractivity contribution in [2.45, 2.75) is 24.8 Å². The van der Waals surface area contributed by atoms with Crippen molar-refractivity contribution in [3.8, 4) is 5.75 Å². The van der Waals surface area contributed by atoms with Crippen LogP contribution in [0, 0.1) is 11.8 Å². The van der Waals surface area contributed by atoms with Crippen molar-refractivity contribution in [1.82, 2.24) is 0 Å². The number of hydrogen-bond donors (Lipinski definition) is 1. The number of carbonyl (C=O) groups excluding carboxylic acids is 2. The summed E-state index contributed by atoms with van der Waals surface area (Å²) in [6.45, 7) is 0. The fourth-order valence-electron chi connectivity index (χ4n) is 2.98. The number of nitrogens with two attached hydrogens (primary N) is 1. The van der Waals surface area contributed by atoms with Gasteiger partial charge in [-0.3, -0.25) is 9.59 Å². The highest BCUT2D eigenvalue weighted by Crippen LogP contribution is 2.48. The molecule has 0 heterocycles. The molecule has 1 aliphatic carbocycles. The lowest BCUT2D eigenvalue weighted by molar-refractivity contribution is -0.149. The first-order chi connectivity index (χ1) is 11.0. The Bertz CT molecular complexity index is 588. The largest absolute Gasteiger partial charge is 0.497 e. The molecule has 3 atom stereocenters. The number of hydrogen-bond acceptors (Lipinski definition) is 6. The van der Waals surface area contributed by atoms with Crippen LogP contribution in [-0.4, -0.2) is 38.8 Å². The SMILES string of the molecule is COC(=O)[C@H]1C[C@@H]1[C@@](N)(CCc1cccc(O[11CH3])c1)C(=O)OC. The van der Waals surface area contributed by atoms with Gasteiger partial charge in [0.2, 0.25) is 0 Å². The number of rotatable bonds is 7. The van der Waals surface area contributed by atoms with Gasteiger partial charge in [0.25, 0.3) is 0 Å². The second kappa shape index (κ2) is 7.00. The summed E-state index contributed by atoms with van der Waals surface area (Å²) in [6.07, 6.45) is 1.54. The third-order valence-corrected chi connectivity index (χ3v) is 4.48. The summed E-state index contributed by atoms with van der Waals surface area (Å²) >= 11 is 0. The molecule has 0 saturated heterocycles. The number of methoxy groups -OCH3 is 3. The van der Waals surface area contributed by atoms with Crippen LogP contribution in [0.2, 0.25) is 0 Å². The predicted octanol–water partition coefficient (Wildman–Crippen LogP) is 1.31. The average Bonchev–Trinajstić information content (AvgIpc) is 3.39. The van der Waals surface area contributed by atoms with E-state index in [9.17, 15) is 9.59 Å². The van der Waals surface area contributed by atoms with Gasteiger partial charge in [-0.15, -0.1) is 0 Å².